The van der Waals surface area contributed by atoms with Crippen molar-refractivity contribution in [2.24, 2.45) is 0 Å². The second-order valence-corrected chi connectivity index (χ2v) is 4.90. The average molecular weight is 305 g/mol. The Labute approximate surface area is 121 Å². The number of morpholine rings is 1. The molecule has 1 aromatic carbocycles. The Morgan fingerprint density at radius 1 is 1.24 bits per heavy atom. The molecule has 118 valence electrons. The molecule has 0 aliphatic carbocycles. The van der Waals surface area contributed by atoms with Gasteiger partial charge in [0, 0.05) is 13.1 Å². The molecule has 1 aliphatic rings. The number of hydrogen-bond donors (Lipinski definition) is 1. The predicted octanol–water partition coefficient (Wildman–Crippen LogP) is 2.56. The second kappa shape index (κ2) is 7.00. The number of hydrogen-bond acceptors (Lipinski definition) is 4. The Morgan fingerprint density at radius 3 is 2.62 bits per heavy atom. The van der Waals surface area contributed by atoms with Gasteiger partial charge in [-0.3, -0.25) is 4.90 Å². The summed E-state index contributed by atoms with van der Waals surface area (Å²) in [6, 6.07) is 3.57. The number of phenolic OH excluding ortho intramolecular Hbond substituents is 1. The van der Waals surface area contributed by atoms with E-state index >= 15 is 0 Å². The molecular weight excluding hydrogens is 287 g/mol. The van der Waals surface area contributed by atoms with Crippen molar-refractivity contribution in [3.63, 3.8) is 0 Å². The summed E-state index contributed by atoms with van der Waals surface area (Å²) in [6.07, 6.45) is -3.47. The van der Waals surface area contributed by atoms with Crippen molar-refractivity contribution in [1.82, 2.24) is 4.90 Å². The van der Waals surface area contributed by atoms with Gasteiger partial charge in [0.05, 0.1) is 13.2 Å². The van der Waals surface area contributed by atoms with Crippen LogP contribution >= 0.6 is 0 Å². The van der Waals surface area contributed by atoms with Crippen molar-refractivity contribution in [1.29, 1.82) is 0 Å². The van der Waals surface area contributed by atoms with Gasteiger partial charge in [0.15, 0.2) is 0 Å². The zero-order valence-electron chi connectivity index (χ0n) is 11.5. The van der Waals surface area contributed by atoms with Crippen LogP contribution in [0.15, 0.2) is 18.2 Å². The first kappa shape index (κ1) is 15.9. The SMILES string of the molecule is Oc1ccc(OC(F)(F)F)cc1CCCN1CCOCC1. The van der Waals surface area contributed by atoms with Crippen molar-refractivity contribution in [3.8, 4) is 11.5 Å². The quantitative estimate of drug-likeness (QED) is 0.908. The van der Waals surface area contributed by atoms with Crippen molar-refractivity contribution < 1.29 is 27.8 Å². The molecule has 21 heavy (non-hydrogen) atoms. The van der Waals surface area contributed by atoms with Gasteiger partial charge in [0.2, 0.25) is 0 Å². The summed E-state index contributed by atoms with van der Waals surface area (Å²) in [5.41, 5.74) is 0.463. The fourth-order valence-electron chi connectivity index (χ4n) is 2.28. The van der Waals surface area contributed by atoms with Crippen LogP contribution in [0.4, 0.5) is 13.2 Å². The van der Waals surface area contributed by atoms with E-state index in [0.29, 0.717) is 25.2 Å². The number of halogens is 3. The van der Waals surface area contributed by atoms with Crippen LogP contribution in [0.1, 0.15) is 12.0 Å². The molecule has 0 aromatic heterocycles. The molecule has 1 aromatic rings. The van der Waals surface area contributed by atoms with Gasteiger partial charge in [0.1, 0.15) is 11.5 Å². The van der Waals surface area contributed by atoms with Gasteiger partial charge in [-0.05, 0) is 43.1 Å². The maximum Gasteiger partial charge on any atom is 0.573 e. The molecule has 7 heteroatoms. The average Bonchev–Trinajstić information content (AvgIpc) is 2.42. The zero-order chi connectivity index (χ0) is 15.3. The highest BCUT2D eigenvalue weighted by Crippen LogP contribution is 2.28. The molecule has 1 N–H and O–H groups in total. The minimum absolute atomic E-state index is 0.00787. The van der Waals surface area contributed by atoms with Crippen LogP contribution in [0.2, 0.25) is 0 Å². The van der Waals surface area contributed by atoms with Crippen molar-refractivity contribution in [2.75, 3.05) is 32.8 Å². The lowest BCUT2D eigenvalue weighted by atomic mass is 10.1. The molecule has 1 fully saturated rings. The van der Waals surface area contributed by atoms with Gasteiger partial charge in [-0.1, -0.05) is 0 Å². The third kappa shape index (κ3) is 5.43. The lowest BCUT2D eigenvalue weighted by Crippen LogP contribution is -2.36. The number of ether oxygens (including phenoxy) is 2. The van der Waals surface area contributed by atoms with Crippen molar-refractivity contribution in [3.05, 3.63) is 23.8 Å². The molecule has 0 amide bonds. The standard InChI is InChI=1S/C14H18F3NO3/c15-14(16,17)21-12-3-4-13(19)11(10-12)2-1-5-18-6-8-20-9-7-18/h3-4,10,19H,1-2,5-9H2. The van der Waals surface area contributed by atoms with Crippen molar-refractivity contribution >= 4 is 0 Å². The number of aromatic hydroxyl groups is 1. The second-order valence-electron chi connectivity index (χ2n) is 4.90. The van der Waals surface area contributed by atoms with Crippen LogP contribution in [-0.4, -0.2) is 49.2 Å². The first-order valence-electron chi connectivity index (χ1n) is 6.82. The molecular formula is C14H18F3NO3. The third-order valence-corrected chi connectivity index (χ3v) is 3.31. The fraction of sp³-hybridized carbons (Fsp3) is 0.571. The molecule has 0 bridgehead atoms. The van der Waals surface area contributed by atoms with Crippen LogP contribution in [-0.2, 0) is 11.2 Å². The number of rotatable bonds is 5. The predicted molar refractivity (Wildman–Crippen MR) is 70.4 cm³/mol. The minimum Gasteiger partial charge on any atom is -0.508 e. The highest BCUT2D eigenvalue weighted by Gasteiger charge is 2.31. The monoisotopic (exact) mass is 305 g/mol. The van der Waals surface area contributed by atoms with E-state index in [1.807, 2.05) is 0 Å². The lowest BCUT2D eigenvalue weighted by molar-refractivity contribution is -0.274. The van der Waals surface area contributed by atoms with Crippen molar-refractivity contribution in [2.45, 2.75) is 19.2 Å². The Morgan fingerprint density at radius 2 is 1.95 bits per heavy atom. The number of benzene rings is 1. The molecule has 0 spiro atoms. The summed E-state index contributed by atoms with van der Waals surface area (Å²) in [5.74, 6) is -0.312. The first-order chi connectivity index (χ1) is 9.94. The van der Waals surface area contributed by atoms with Gasteiger partial charge in [-0.15, -0.1) is 13.2 Å². The van der Waals surface area contributed by atoms with Gasteiger partial charge in [-0.2, -0.15) is 0 Å². The number of nitrogens with zero attached hydrogens (tertiary/aromatic N) is 1. The van der Waals surface area contributed by atoms with Crippen LogP contribution < -0.4 is 4.74 Å². The summed E-state index contributed by atoms with van der Waals surface area (Å²) in [4.78, 5) is 2.23. The van der Waals surface area contributed by atoms with E-state index < -0.39 is 6.36 Å². The third-order valence-electron chi connectivity index (χ3n) is 3.31. The summed E-state index contributed by atoms with van der Waals surface area (Å²) in [6.45, 7) is 3.97. The topological polar surface area (TPSA) is 41.9 Å². The summed E-state index contributed by atoms with van der Waals surface area (Å²) >= 11 is 0. The van der Waals surface area contributed by atoms with E-state index in [1.165, 1.54) is 12.1 Å². The molecule has 0 unspecified atom stereocenters. The molecule has 1 saturated heterocycles. The molecule has 1 aliphatic heterocycles. The highest BCUT2D eigenvalue weighted by molar-refractivity contribution is 5.39. The number of alkyl halides is 3. The molecule has 1 heterocycles. The van der Waals surface area contributed by atoms with Gasteiger partial charge >= 0.3 is 6.36 Å². The van der Waals surface area contributed by atoms with E-state index in [4.69, 9.17) is 4.74 Å². The van der Waals surface area contributed by atoms with Crippen LogP contribution in [0.5, 0.6) is 11.5 Å². The molecule has 2 rings (SSSR count). The maximum atomic E-state index is 12.2. The Balaban J connectivity index is 1.87. The number of phenols is 1. The highest BCUT2D eigenvalue weighted by atomic mass is 19.4. The van der Waals surface area contributed by atoms with E-state index in [0.717, 1.165) is 32.1 Å². The van der Waals surface area contributed by atoms with Crippen LogP contribution in [0.25, 0.3) is 0 Å². The summed E-state index contributed by atoms with van der Waals surface area (Å²) < 4.78 is 45.6. The fourth-order valence-corrected chi connectivity index (χ4v) is 2.28. The molecule has 0 saturated carbocycles. The number of aryl methyl sites for hydroxylation is 1. The first-order valence-corrected chi connectivity index (χ1v) is 6.82. The summed E-state index contributed by atoms with van der Waals surface area (Å²) in [5, 5.41) is 9.70. The van der Waals surface area contributed by atoms with Crippen LogP contribution in [0, 0.1) is 0 Å². The van der Waals surface area contributed by atoms with E-state index in [-0.39, 0.29) is 11.5 Å². The van der Waals surface area contributed by atoms with E-state index in [2.05, 4.69) is 9.64 Å². The Hall–Kier alpha value is -1.47. The molecule has 4 nitrogen and oxygen atoms in total. The zero-order valence-corrected chi connectivity index (χ0v) is 11.5. The van der Waals surface area contributed by atoms with E-state index in [9.17, 15) is 18.3 Å². The smallest absolute Gasteiger partial charge is 0.508 e. The largest absolute Gasteiger partial charge is 0.573 e. The summed E-state index contributed by atoms with van der Waals surface area (Å²) in [7, 11) is 0. The van der Waals surface area contributed by atoms with Crippen LogP contribution in [0.3, 0.4) is 0 Å². The molecule has 0 atom stereocenters. The maximum absolute atomic E-state index is 12.2. The van der Waals surface area contributed by atoms with Gasteiger partial charge < -0.3 is 14.6 Å². The van der Waals surface area contributed by atoms with E-state index in [1.54, 1.807) is 0 Å². The lowest BCUT2D eigenvalue weighted by Gasteiger charge is -2.26. The Kier molecular flexibility index (Phi) is 5.30. The van der Waals surface area contributed by atoms with Gasteiger partial charge in [-0.25, -0.2) is 0 Å². The van der Waals surface area contributed by atoms with Gasteiger partial charge in [0.25, 0.3) is 0 Å². The molecule has 0 radical (unpaired) electrons. The normalized spacial score (nSPS) is 16.9. The minimum atomic E-state index is -4.72. The Bertz CT molecular complexity index is 459.